The van der Waals surface area contributed by atoms with E-state index in [-0.39, 0.29) is 18.1 Å². The predicted octanol–water partition coefficient (Wildman–Crippen LogP) is 5.30. The third-order valence-corrected chi connectivity index (χ3v) is 5.90. The van der Waals surface area contributed by atoms with Gasteiger partial charge in [0.2, 0.25) is 11.7 Å². The molecule has 29 heavy (non-hydrogen) atoms. The summed E-state index contributed by atoms with van der Waals surface area (Å²) in [4.78, 5) is 13.3. The zero-order valence-electron chi connectivity index (χ0n) is 14.7. The van der Waals surface area contributed by atoms with Crippen LogP contribution >= 0.6 is 15.9 Å². The second-order valence-corrected chi connectivity index (χ2v) is 7.94. The first-order valence-electron chi connectivity index (χ1n) is 8.83. The summed E-state index contributed by atoms with van der Waals surface area (Å²) in [6.45, 7) is 0. The average molecular weight is 464 g/mol. The summed E-state index contributed by atoms with van der Waals surface area (Å²) >= 11 is 3.44. The number of halogens is 4. The van der Waals surface area contributed by atoms with Gasteiger partial charge in [-0.2, -0.15) is 13.2 Å². The molecule has 2 aliphatic rings. The number of fused-ring (bicyclic) bond motifs is 4. The molecule has 2 aromatic carbocycles. The summed E-state index contributed by atoms with van der Waals surface area (Å²) in [5, 5.41) is 2.89. The summed E-state index contributed by atoms with van der Waals surface area (Å²) in [5.41, 5.74) is 0.881. The van der Waals surface area contributed by atoms with Gasteiger partial charge in [0.25, 0.3) is 0 Å². The summed E-state index contributed by atoms with van der Waals surface area (Å²) in [5.74, 6) is -0.724. The first-order chi connectivity index (χ1) is 13.8. The highest BCUT2D eigenvalue weighted by molar-refractivity contribution is 9.10. The lowest BCUT2D eigenvalue weighted by Gasteiger charge is -2.28. The standard InChI is InChI=1S/C21H13BrF3NO3/c22-11-5-7-16-14(9-11)20(13-3-1-2-4-15(13)26-19(20)27)18(29-16)10-12-6-8-17(28-12)21(23,24)25/h1-9,18H,10H2,(H,26,27)/t18-,20?/m1/s1. The number of benzene rings is 2. The molecule has 8 heteroatoms. The van der Waals surface area contributed by atoms with Crippen LogP contribution in [0, 0.1) is 0 Å². The summed E-state index contributed by atoms with van der Waals surface area (Å²) in [6, 6.07) is 14.8. The van der Waals surface area contributed by atoms with Crippen molar-refractivity contribution >= 4 is 27.5 Å². The van der Waals surface area contributed by atoms with Crippen molar-refractivity contribution in [2.24, 2.45) is 0 Å². The lowest BCUT2D eigenvalue weighted by molar-refractivity contribution is -0.153. The zero-order valence-corrected chi connectivity index (χ0v) is 16.3. The highest BCUT2D eigenvalue weighted by atomic mass is 79.9. The Labute approximate surface area is 171 Å². The maximum atomic E-state index is 13.3. The first kappa shape index (κ1) is 18.3. The van der Waals surface area contributed by atoms with E-state index in [4.69, 9.17) is 9.15 Å². The number of para-hydroxylation sites is 1. The Morgan fingerprint density at radius 1 is 1.07 bits per heavy atom. The fraction of sp³-hybridized carbons (Fsp3) is 0.190. The molecule has 0 saturated carbocycles. The van der Waals surface area contributed by atoms with Gasteiger partial charge in [-0.15, -0.1) is 0 Å². The van der Waals surface area contributed by atoms with Crippen LogP contribution in [0.2, 0.25) is 0 Å². The minimum Gasteiger partial charge on any atom is -0.488 e. The van der Waals surface area contributed by atoms with Crippen molar-refractivity contribution in [3.63, 3.8) is 0 Å². The minimum atomic E-state index is -4.57. The summed E-state index contributed by atoms with van der Waals surface area (Å²) in [6.07, 6.45) is -5.33. The second kappa shape index (κ2) is 6.13. The van der Waals surface area contributed by atoms with Gasteiger partial charge in [-0.25, -0.2) is 0 Å². The van der Waals surface area contributed by atoms with Crippen molar-refractivity contribution in [3.8, 4) is 5.75 Å². The molecule has 0 fully saturated rings. The zero-order chi connectivity index (χ0) is 20.4. The van der Waals surface area contributed by atoms with E-state index in [1.165, 1.54) is 6.07 Å². The van der Waals surface area contributed by atoms with E-state index in [0.29, 0.717) is 17.0 Å². The van der Waals surface area contributed by atoms with Gasteiger partial charge in [0.15, 0.2) is 0 Å². The van der Waals surface area contributed by atoms with Gasteiger partial charge < -0.3 is 14.5 Å². The normalized spacial score (nSPS) is 22.3. The molecular formula is C21H13BrF3NO3. The summed E-state index contributed by atoms with van der Waals surface area (Å²) < 4.78 is 50.7. The van der Waals surface area contributed by atoms with Crippen LogP contribution in [-0.2, 0) is 22.8 Å². The van der Waals surface area contributed by atoms with E-state index >= 15 is 0 Å². The van der Waals surface area contributed by atoms with Crippen LogP contribution in [0.25, 0.3) is 0 Å². The SMILES string of the molecule is O=C1Nc2ccccc2C12c1cc(Br)ccc1O[C@@H]2Cc1ccc(C(F)(F)F)o1. The van der Waals surface area contributed by atoms with Crippen molar-refractivity contribution in [2.45, 2.75) is 24.1 Å². The molecule has 5 rings (SSSR count). The highest BCUT2D eigenvalue weighted by Gasteiger charge is 2.60. The average Bonchev–Trinajstić information content (AvgIpc) is 3.33. The van der Waals surface area contributed by atoms with Gasteiger partial charge in [0.05, 0.1) is 0 Å². The third-order valence-electron chi connectivity index (χ3n) is 5.40. The number of alkyl halides is 3. The molecule has 0 saturated heterocycles. The van der Waals surface area contributed by atoms with Gasteiger partial charge in [0.1, 0.15) is 23.0 Å². The molecule has 1 spiro atoms. The number of amides is 1. The van der Waals surface area contributed by atoms with Gasteiger partial charge >= 0.3 is 6.18 Å². The molecule has 148 valence electrons. The number of anilines is 1. The third kappa shape index (κ3) is 2.62. The maximum Gasteiger partial charge on any atom is 0.449 e. The molecule has 0 radical (unpaired) electrons. The number of hydrogen-bond acceptors (Lipinski definition) is 3. The van der Waals surface area contributed by atoms with Crippen LogP contribution < -0.4 is 10.1 Å². The predicted molar refractivity (Wildman–Crippen MR) is 102 cm³/mol. The largest absolute Gasteiger partial charge is 0.488 e. The Balaban J connectivity index is 1.65. The Morgan fingerprint density at radius 2 is 1.86 bits per heavy atom. The molecule has 3 heterocycles. The van der Waals surface area contributed by atoms with Crippen LogP contribution in [0.4, 0.5) is 18.9 Å². The van der Waals surface area contributed by atoms with Crippen LogP contribution in [0.15, 0.2) is 63.5 Å². The molecule has 3 aromatic rings. The van der Waals surface area contributed by atoms with Crippen molar-refractivity contribution in [1.29, 1.82) is 0 Å². The molecule has 4 nitrogen and oxygen atoms in total. The quantitative estimate of drug-likeness (QED) is 0.560. The van der Waals surface area contributed by atoms with Crippen molar-refractivity contribution in [3.05, 3.63) is 81.7 Å². The minimum absolute atomic E-state index is 0.00410. The van der Waals surface area contributed by atoms with E-state index in [9.17, 15) is 18.0 Å². The van der Waals surface area contributed by atoms with Crippen LogP contribution in [0.3, 0.4) is 0 Å². The van der Waals surface area contributed by atoms with Gasteiger partial charge in [-0.05, 0) is 42.0 Å². The molecule has 1 amide bonds. The number of ether oxygens (including phenoxy) is 1. The van der Waals surface area contributed by atoms with Gasteiger partial charge in [-0.3, -0.25) is 4.79 Å². The van der Waals surface area contributed by atoms with Crippen LogP contribution in [-0.4, -0.2) is 12.0 Å². The number of hydrogen-bond donors (Lipinski definition) is 1. The second-order valence-electron chi connectivity index (χ2n) is 7.02. The fourth-order valence-electron chi connectivity index (χ4n) is 4.21. The smallest absolute Gasteiger partial charge is 0.449 e. The van der Waals surface area contributed by atoms with Crippen molar-refractivity contribution in [1.82, 2.24) is 0 Å². The van der Waals surface area contributed by atoms with Crippen molar-refractivity contribution in [2.75, 3.05) is 5.32 Å². The summed E-state index contributed by atoms with van der Waals surface area (Å²) in [7, 11) is 0. The molecule has 1 N–H and O–H groups in total. The monoisotopic (exact) mass is 463 g/mol. The highest BCUT2D eigenvalue weighted by Crippen LogP contribution is 2.54. The van der Waals surface area contributed by atoms with Gasteiger partial charge in [-0.1, -0.05) is 34.1 Å². The number of rotatable bonds is 2. The number of nitrogens with one attached hydrogen (secondary N) is 1. The lowest BCUT2D eigenvalue weighted by Crippen LogP contribution is -2.46. The molecule has 2 aliphatic heterocycles. The molecule has 2 atom stereocenters. The van der Waals surface area contributed by atoms with E-state index in [2.05, 4.69) is 21.2 Å². The van der Waals surface area contributed by atoms with E-state index in [1.54, 1.807) is 18.2 Å². The molecule has 0 aliphatic carbocycles. The Kier molecular flexibility index (Phi) is 3.87. The Bertz CT molecular complexity index is 1140. The molecule has 0 bridgehead atoms. The maximum absolute atomic E-state index is 13.3. The first-order valence-corrected chi connectivity index (χ1v) is 9.63. The van der Waals surface area contributed by atoms with Crippen molar-refractivity contribution < 1.29 is 27.1 Å². The molecule has 1 aromatic heterocycles. The number of carbonyl (C=O) groups is 1. The molecular weight excluding hydrogens is 451 g/mol. The Hall–Kier alpha value is -2.74. The van der Waals surface area contributed by atoms with Crippen LogP contribution in [0.5, 0.6) is 5.75 Å². The molecule has 1 unspecified atom stereocenters. The number of furan rings is 1. The van der Waals surface area contributed by atoms with Crippen LogP contribution in [0.1, 0.15) is 22.6 Å². The Morgan fingerprint density at radius 3 is 2.62 bits per heavy atom. The topological polar surface area (TPSA) is 51.5 Å². The lowest BCUT2D eigenvalue weighted by atomic mass is 9.71. The number of carbonyl (C=O) groups excluding carboxylic acids is 1. The van der Waals surface area contributed by atoms with E-state index in [1.807, 2.05) is 24.3 Å². The van der Waals surface area contributed by atoms with E-state index in [0.717, 1.165) is 16.1 Å². The fourth-order valence-corrected chi connectivity index (χ4v) is 4.57. The van der Waals surface area contributed by atoms with Gasteiger partial charge in [0, 0.05) is 22.1 Å². The van der Waals surface area contributed by atoms with E-state index < -0.39 is 23.5 Å².